The van der Waals surface area contributed by atoms with Crippen molar-refractivity contribution >= 4 is 58.5 Å². The number of fused-ring (bicyclic) bond motifs is 9. The molecule has 9 aliphatic rings. The summed E-state index contributed by atoms with van der Waals surface area (Å²) in [6.45, 7) is 46.1. The van der Waals surface area contributed by atoms with E-state index in [-0.39, 0.29) is 97.2 Å². The van der Waals surface area contributed by atoms with Gasteiger partial charge in [-0.2, -0.15) is 0 Å². The molecular weight excluding hydrogens is 1320 g/mol. The molecular formula is C85H235ClN12O6. The Hall–Kier alpha value is -10.2. The number of allylic oxidation sites excluding steroid dienone is 6. The second-order valence-electron chi connectivity index (χ2n) is 30.5. The van der Waals surface area contributed by atoms with Crippen LogP contribution in [0.2, 0.25) is 0 Å². The zero-order valence-corrected chi connectivity index (χ0v) is 61.8. The fraction of sp³-hybridized carbons (Fsp3) is 0.412. The summed E-state index contributed by atoms with van der Waals surface area (Å²) in [5.74, 6) is 1.46. The molecule has 1 N–H and O–H groups in total. The van der Waals surface area contributed by atoms with E-state index >= 15 is 0 Å². The minimum absolute atomic E-state index is 0. The van der Waals surface area contributed by atoms with Gasteiger partial charge in [0.2, 0.25) is 23.0 Å². The highest BCUT2D eigenvalue weighted by Crippen LogP contribution is 2.55. The molecule has 0 saturated carbocycles. The van der Waals surface area contributed by atoms with Crippen LogP contribution in [-0.4, -0.2) is 114 Å². The van der Waals surface area contributed by atoms with Crippen molar-refractivity contribution in [3.8, 4) is 33.8 Å². The molecule has 678 valence electrons. The number of carbonyl (C=O) groups is 5. The number of aromatic nitrogens is 6. The Morgan fingerprint density at radius 1 is 0.529 bits per heavy atom. The summed E-state index contributed by atoms with van der Waals surface area (Å²) in [6, 6.07) is 30.5. The first-order valence-corrected chi connectivity index (χ1v) is 36.2. The fourth-order valence-electron chi connectivity index (χ4n) is 17.5. The van der Waals surface area contributed by atoms with E-state index in [9.17, 15) is 24.0 Å². The lowest BCUT2D eigenvalue weighted by Crippen LogP contribution is -2.46. The molecule has 0 spiro atoms. The van der Waals surface area contributed by atoms with Crippen LogP contribution in [0.5, 0.6) is 0 Å². The monoisotopic (exact) mass is 1840 g/mol. The van der Waals surface area contributed by atoms with Crippen LogP contribution in [0.1, 0.15) is 373 Å². The first-order valence-electron chi connectivity index (χ1n) is 107. The Labute approximate surface area is 838 Å². The molecule has 3 aromatic carbocycles. The van der Waals surface area contributed by atoms with Crippen LogP contribution in [0.25, 0.3) is 65.0 Å². The number of ether oxygens (including phenoxy) is 1. The summed E-state index contributed by atoms with van der Waals surface area (Å²) in [4.78, 5) is 108. The number of amides is 2. The average molecular weight is 1850 g/mol. The van der Waals surface area contributed by atoms with E-state index in [1.807, 2.05) is 119 Å². The highest BCUT2D eigenvalue weighted by molar-refractivity contribution is 6.02. The first-order chi connectivity index (χ1) is 120. The molecule has 3 aliphatic heterocycles. The normalized spacial score (nSPS) is 31.3. The SMILES string of the molecule is Cl.[3HH].[3HH].[3H][3H].[3H][3H].[3H][3H].[3H][3H].[3H][3H].[3H][3H].[3H][3H].[3H][3H].[3H][3H].[3H][3H].[3H][3H].[3H][3H].[3H][3H].[3H][3H].[3H][3H].[3H][3H].[3H][3H].[3H][3H].[3H][3H].[3H][3H].[3H][3H].[3H][3H].[3H][3H].[3H][3H].[3H][3H].[3H][3H].[3H][3H].[3H][3H].[3H][3H].[3H][3H].[3H][3H].[3H][3H].[3H][3H].[3H][3H].[3H][3H].[3H][3H].[3H][3H].[3H][3H].[3H][3H].[3H][3H].[3H][3H].[3H][3H].[3H][3H].[3H][3H].[3H][3H].[3H][3H].[3H][3H].[3H][3H].[3H][3H].[3H][3H].[3H][3H].[3H][3H].[3H][3H].[3H][3H].[3H][3H].[3H][3H].[3H][3H].[3H][3H].[3H][3H].[3H][3H].[3H][3H].[3H][3H].[3H][3H].[3H][3H].[3H][3H].[3H][3H].[3H][3H].[3H][3H].[3H][3H].[3H][3H].[3H][3H].[C-]#[N+]C1=C[C@@]2(C)c3nc(C4=CCCN(C(=O)OC(C)(C)C)C4)nc(-c4ccccc4)c3CC[C@@H]2[C@@H](C)C1=O.[C-]#[N+]C1=C[C@@]2(C)c3nc(C4=CCCN(C(C)=O)C4)nc(-c4ccccc4)c3CC[C@@H]2[C@@H](C)C1=O.[C-]#[N+]C1=C[C@@]2(C)c3nc(C4=CCCNC4)nc(-c4ccccc4)c3CC[C@@H]2[C@@H](C)C1=O. The zero-order valence-electron chi connectivity index (χ0n) is 203. The molecule has 0 radical (unpaired) electrons. The lowest BCUT2D eigenvalue weighted by Gasteiger charge is -2.46. The van der Waals surface area contributed by atoms with Gasteiger partial charge in [0.15, 0.2) is 34.8 Å². The van der Waals surface area contributed by atoms with E-state index in [0.717, 1.165) is 155 Å². The number of Topliss-reactive ketones (excluding diaryl/α,β-unsaturated/α-hetero) is 3. The number of carbonyl (C=O) groups excluding carboxylic acids is 5. The van der Waals surface area contributed by atoms with Gasteiger partial charge in [-0.1, -0.05) is 169 Å². The average Bonchev–Trinajstić information content (AvgIpc) is 0.721. The molecule has 6 aromatic rings. The first kappa shape index (κ1) is 26.1. The second kappa shape index (κ2) is 29.5. The highest BCUT2D eigenvalue weighted by Gasteiger charge is 2.53. The Morgan fingerprint density at radius 2 is 0.865 bits per heavy atom. The van der Waals surface area contributed by atoms with E-state index in [2.05, 4.69) is 95.2 Å². The third-order valence-corrected chi connectivity index (χ3v) is 22.9. The van der Waals surface area contributed by atoms with Crippen molar-refractivity contribution in [1.82, 2.24) is 45.0 Å². The number of benzene rings is 3. The molecule has 2 amide bonds. The maximum atomic E-state index is 12.9. The largest absolute Gasteiger partial charge is 0.444 e. The predicted molar refractivity (Wildman–Crippen MR) is 559 cm³/mol. The van der Waals surface area contributed by atoms with Crippen molar-refractivity contribution in [3.63, 3.8) is 0 Å². The van der Waals surface area contributed by atoms with Crippen LogP contribution in [0.4, 0.5) is 4.79 Å². The third kappa shape index (κ3) is 13.7. The van der Waals surface area contributed by atoms with Gasteiger partial charge in [-0.15, -0.1) is 12.4 Å². The zero-order chi connectivity index (χ0) is 215. The van der Waals surface area contributed by atoms with Gasteiger partial charge in [-0.25, -0.2) is 49.2 Å². The van der Waals surface area contributed by atoms with E-state index in [1.54, 1.807) is 11.8 Å². The summed E-state index contributed by atoms with van der Waals surface area (Å²) in [5, 5.41) is 3.42. The van der Waals surface area contributed by atoms with Gasteiger partial charge >= 0.3 is 6.09 Å². The van der Waals surface area contributed by atoms with E-state index < -0.39 is 21.8 Å². The number of hydrogen-bond acceptors (Lipinski definition) is 13. The molecule has 9 atom stereocenters. The van der Waals surface area contributed by atoms with Gasteiger partial charge in [-0.05, 0) is 103 Å². The number of nitrogens with zero attached hydrogens (tertiary/aromatic N) is 11. The van der Waals surface area contributed by atoms with Crippen LogP contribution in [-0.2, 0) is 59.4 Å². The van der Waals surface area contributed by atoms with Gasteiger partial charge in [0.25, 0.3) is 0 Å². The maximum absolute atomic E-state index is 12.9. The van der Waals surface area contributed by atoms with Crippen molar-refractivity contribution in [2.24, 2.45) is 35.5 Å². The van der Waals surface area contributed by atoms with Crippen LogP contribution in [0.3, 0.4) is 0 Å². The van der Waals surface area contributed by atoms with Gasteiger partial charge in [0.1, 0.15) is 5.60 Å². The van der Waals surface area contributed by atoms with Gasteiger partial charge in [-0.3, -0.25) is 4.79 Å². The lowest BCUT2D eigenvalue weighted by atomic mass is 9.58. The highest BCUT2D eigenvalue weighted by atomic mass is 35.5. The van der Waals surface area contributed by atoms with Crippen molar-refractivity contribution in [1.29, 1.82) is 0 Å². The van der Waals surface area contributed by atoms with Crippen LogP contribution >= 0.6 is 12.4 Å². The van der Waals surface area contributed by atoms with Gasteiger partial charge < -0.3 is 34.2 Å². The number of nitrogens with one attached hydrogen (secondary N) is 1. The van der Waals surface area contributed by atoms with Gasteiger partial charge in [0.05, 0.1) is 60.4 Å². The minimum atomic E-state index is -0.577. The third-order valence-electron chi connectivity index (χ3n) is 22.9. The maximum Gasteiger partial charge on any atom is 0.410 e. The summed E-state index contributed by atoms with van der Waals surface area (Å²) in [6.07, 6.45) is 19.1. The number of hydrogen-bond donors (Lipinski definition) is 1. The Morgan fingerprint density at radius 3 is 1.19 bits per heavy atom. The second-order valence-corrected chi connectivity index (χ2v) is 30.5. The number of rotatable bonds is 6. The van der Waals surface area contributed by atoms with Crippen molar-refractivity contribution < 1.29 is 242 Å². The molecule has 3 aromatic heterocycles. The summed E-state index contributed by atoms with van der Waals surface area (Å²) >= 11 is 0. The molecule has 104 heavy (non-hydrogen) atoms. The Balaban J connectivity index is -0.0000000257. The topological polar surface area (TPSA) is 204 Å². The molecule has 0 bridgehead atoms. The lowest BCUT2D eigenvalue weighted by molar-refractivity contribution is -0.128. The van der Waals surface area contributed by atoms with Crippen molar-refractivity contribution in [2.45, 2.75) is 149 Å². The van der Waals surface area contributed by atoms with Crippen LogP contribution in [0.15, 0.2) is 145 Å². The molecule has 0 saturated heterocycles. The van der Waals surface area contributed by atoms with Gasteiger partial charge in [0, 0.05) is 331 Å². The van der Waals surface area contributed by atoms with Crippen molar-refractivity contribution in [3.05, 3.63) is 230 Å². The van der Waals surface area contributed by atoms with Crippen molar-refractivity contribution in [2.75, 3.05) is 39.3 Å². The fourth-order valence-corrected chi connectivity index (χ4v) is 17.5. The van der Waals surface area contributed by atoms with Crippen LogP contribution < -0.4 is 5.32 Å². The minimum Gasteiger partial charge on any atom is -0.444 e. The number of ketones is 3. The molecule has 0 fully saturated rings. The van der Waals surface area contributed by atoms with E-state index in [4.69, 9.17) is 265 Å². The van der Waals surface area contributed by atoms with E-state index in [1.165, 1.54) is 0 Å². The molecule has 19 heteroatoms. The Bertz CT molecular complexity index is 5050. The Kier molecular flexibility index (Phi) is 7.42. The van der Waals surface area contributed by atoms with Crippen LogP contribution in [0, 0.1) is 55.2 Å². The smallest absolute Gasteiger partial charge is 0.410 e. The summed E-state index contributed by atoms with van der Waals surface area (Å²) in [5.41, 5.74) is 13.4. The molecule has 18 nitrogen and oxygen atoms in total. The predicted octanol–water partition coefficient (Wildman–Crippen LogP) is 33.4. The number of halogens is 1. The molecule has 6 aliphatic carbocycles. The molecule has 6 heterocycles. The summed E-state index contributed by atoms with van der Waals surface area (Å²) in [7, 11) is 0. The molecule has 0 unspecified atom stereocenters. The standard InChI is InChI=1S/C31H34N4O3.C28H28N4O2.C26H26N4O.ClH.73H2/c1-19-23-15-14-22-25(20-11-8-7-9-12-20)33-28(34-27(22)31(23,5)17-24(32-6)26(19)36)21-13-10-16-35(18-21)29(37)38-30(2,3)4;1-17-22-13-12-21-24(19-9-6-5-7-10-19)30-27(20-11-8-14-32(16-20)18(2)33)31-26(21)28(22,3)15-23(29-4)25(17)34;1-16-20-12-11-19-22(17-8-5-4-6-9-17)29-25(18-10-7-13-28-15-18)30-24(19)26(20,2)14-21(27-3)23(16)31;;;;;;;;;;;;;;;;;;;;;;;;;;;;;;;;;;;;;;;;;;;;;;;;;;;;;;;;;;;;;;;;;;;;;;;;;;/h7-9,11-13,17,19,23H,10,14-16,18H2,1-5H3;5-7,9-11,15,17,22H,8,12-14,16H2,1-3H3;4-6,8-10,14,16,20,28H,7,11-13,15H2,1-2H3;74*1H/t19-,23-,31-;17-,22-,28-;16-,20-,26-;;;;;;;;;;;;;;;;;;;;;;;;;;;;;;;;;;;;;;;;;;;;;;;;;;;;;;;;;;;;;;;;;;;;;;;;;;/m111........................................................................../s1/i;;;;71*1+2T;2*1+2. The quantitative estimate of drug-likeness (QED) is 0.154. The summed E-state index contributed by atoms with van der Waals surface area (Å²) < 4.78 is 716. The van der Waals surface area contributed by atoms with E-state index in [0.29, 0.717) is 44.2 Å². The molecule has 15 rings (SSSR count).